The summed E-state index contributed by atoms with van der Waals surface area (Å²) in [5.41, 5.74) is 0. The zero-order valence-electron chi connectivity index (χ0n) is 6.72. The van der Waals surface area contributed by atoms with Crippen molar-refractivity contribution in [3.8, 4) is 0 Å². The smallest absolute Gasteiger partial charge is 0.0978 e. The molecule has 0 amide bonds. The highest BCUT2D eigenvalue weighted by atomic mass is 16.3. The van der Waals surface area contributed by atoms with Gasteiger partial charge in [0, 0.05) is 0 Å². The Hall–Kier alpha value is -0.200. The summed E-state index contributed by atoms with van der Waals surface area (Å²) in [7, 11) is 0. The molecular weight excluding hydrogens is 162 g/mol. The van der Waals surface area contributed by atoms with Gasteiger partial charge in [-0.1, -0.05) is 0 Å². The van der Waals surface area contributed by atoms with E-state index in [1.165, 1.54) is 0 Å². The van der Waals surface area contributed by atoms with Crippen molar-refractivity contribution in [1.82, 2.24) is 5.32 Å². The van der Waals surface area contributed by atoms with Crippen LogP contribution in [0.5, 0.6) is 0 Å². The number of nitrogens with one attached hydrogen (secondary N) is 1. The Morgan fingerprint density at radius 3 is 2.67 bits per heavy atom. The Kier molecular flexibility index (Phi) is 3.42. The molecule has 0 unspecified atom stereocenters. The molecule has 1 saturated heterocycles. The van der Waals surface area contributed by atoms with E-state index in [0.717, 1.165) is 0 Å². The van der Waals surface area contributed by atoms with E-state index in [2.05, 4.69) is 5.32 Å². The second-order valence-corrected chi connectivity index (χ2v) is 3.08. The van der Waals surface area contributed by atoms with Gasteiger partial charge >= 0.3 is 0 Å². The van der Waals surface area contributed by atoms with E-state index in [4.69, 9.17) is 5.11 Å². The van der Waals surface area contributed by atoms with Gasteiger partial charge in [0.1, 0.15) is 0 Å². The van der Waals surface area contributed by atoms with Gasteiger partial charge in [0.05, 0.1) is 31.0 Å². The van der Waals surface area contributed by atoms with Crippen molar-refractivity contribution in [3.63, 3.8) is 0 Å². The number of hydrogen-bond acceptors (Lipinski definition) is 5. The average Bonchev–Trinajstić information content (AvgIpc) is 2.08. The Bertz CT molecular complexity index is 143. The summed E-state index contributed by atoms with van der Waals surface area (Å²) in [5, 5.41) is 39.2. The monoisotopic (exact) mass is 177 g/mol. The van der Waals surface area contributed by atoms with Crippen LogP contribution in [0, 0.1) is 0 Å². The number of rotatable bonds is 2. The van der Waals surface area contributed by atoms with Crippen LogP contribution in [0.2, 0.25) is 0 Å². The zero-order valence-corrected chi connectivity index (χ0v) is 6.72. The lowest BCUT2D eigenvalue weighted by molar-refractivity contribution is -0.0689. The van der Waals surface area contributed by atoms with Gasteiger partial charge in [-0.15, -0.1) is 0 Å². The van der Waals surface area contributed by atoms with Crippen LogP contribution in [0.25, 0.3) is 0 Å². The summed E-state index contributed by atoms with van der Waals surface area (Å²) in [5.74, 6) is 0. The molecule has 0 bridgehead atoms. The normalized spacial score (nSPS) is 39.5. The lowest BCUT2D eigenvalue weighted by Gasteiger charge is -2.35. The second-order valence-electron chi connectivity index (χ2n) is 3.08. The summed E-state index contributed by atoms with van der Waals surface area (Å²) in [4.78, 5) is 0. The van der Waals surface area contributed by atoms with Crippen molar-refractivity contribution in [3.05, 3.63) is 0 Å². The zero-order chi connectivity index (χ0) is 9.14. The van der Waals surface area contributed by atoms with Gasteiger partial charge in [0.25, 0.3) is 0 Å². The van der Waals surface area contributed by atoms with Gasteiger partial charge < -0.3 is 25.7 Å². The van der Waals surface area contributed by atoms with Crippen LogP contribution in [0.3, 0.4) is 0 Å². The molecule has 0 aliphatic carbocycles. The predicted molar refractivity (Wildman–Crippen MR) is 41.5 cm³/mol. The quantitative estimate of drug-likeness (QED) is 0.319. The first-order valence-corrected chi connectivity index (χ1v) is 4.05. The van der Waals surface area contributed by atoms with Crippen molar-refractivity contribution in [1.29, 1.82) is 0 Å². The highest BCUT2D eigenvalue weighted by Crippen LogP contribution is 2.12. The SMILES string of the molecule is OC[C@@H](O)[C@H]1NCC[C@H](O)[C@@H]1O. The number of aliphatic hydroxyl groups is 4. The van der Waals surface area contributed by atoms with Crippen LogP contribution in [0.4, 0.5) is 0 Å². The molecule has 0 saturated carbocycles. The van der Waals surface area contributed by atoms with E-state index in [9.17, 15) is 15.3 Å². The molecule has 5 heteroatoms. The standard InChI is InChI=1S/C7H15NO4/c9-3-5(11)6-7(12)4(10)1-2-8-6/h4-12H,1-3H2/t4-,5+,6+,7-/m0/s1. The molecule has 1 heterocycles. The molecule has 1 aliphatic rings. The molecule has 0 radical (unpaired) electrons. The predicted octanol–water partition coefficient (Wildman–Crippen LogP) is -2.58. The first kappa shape index (κ1) is 9.88. The minimum absolute atomic E-state index is 0.415. The molecular formula is C7H15NO4. The van der Waals surface area contributed by atoms with E-state index in [-0.39, 0.29) is 0 Å². The van der Waals surface area contributed by atoms with E-state index in [1.807, 2.05) is 0 Å². The first-order chi connectivity index (χ1) is 5.66. The fraction of sp³-hybridized carbons (Fsp3) is 1.00. The molecule has 5 nitrogen and oxygen atoms in total. The summed E-state index contributed by atoms with van der Waals surface area (Å²) in [6.45, 7) is 0.126. The van der Waals surface area contributed by atoms with Crippen molar-refractivity contribution in [2.75, 3.05) is 13.2 Å². The lowest BCUT2D eigenvalue weighted by atomic mass is 9.94. The highest BCUT2D eigenvalue weighted by molar-refractivity contribution is 4.90. The maximum atomic E-state index is 9.36. The Morgan fingerprint density at radius 2 is 2.08 bits per heavy atom. The summed E-state index contributed by atoms with van der Waals surface area (Å²) in [6.07, 6.45) is -2.36. The minimum Gasteiger partial charge on any atom is -0.394 e. The molecule has 12 heavy (non-hydrogen) atoms. The largest absolute Gasteiger partial charge is 0.394 e. The van der Waals surface area contributed by atoms with Gasteiger partial charge in [0.2, 0.25) is 0 Å². The third-order valence-electron chi connectivity index (χ3n) is 2.18. The molecule has 0 spiro atoms. The Labute approximate surface area is 70.6 Å². The molecule has 0 aromatic heterocycles. The molecule has 1 fully saturated rings. The molecule has 0 aromatic rings. The van der Waals surface area contributed by atoms with Gasteiger partial charge in [-0.3, -0.25) is 0 Å². The van der Waals surface area contributed by atoms with Crippen LogP contribution in [0.15, 0.2) is 0 Å². The fourth-order valence-corrected chi connectivity index (χ4v) is 1.41. The maximum Gasteiger partial charge on any atom is 0.0978 e. The topological polar surface area (TPSA) is 93.0 Å². The van der Waals surface area contributed by atoms with Crippen LogP contribution in [0.1, 0.15) is 6.42 Å². The second kappa shape index (κ2) is 4.15. The highest BCUT2D eigenvalue weighted by Gasteiger charge is 2.34. The lowest BCUT2D eigenvalue weighted by Crippen LogP contribution is -2.58. The molecule has 72 valence electrons. The maximum absolute atomic E-state index is 9.36. The van der Waals surface area contributed by atoms with Gasteiger partial charge in [-0.2, -0.15) is 0 Å². The van der Waals surface area contributed by atoms with Crippen LogP contribution in [-0.4, -0.2) is 57.9 Å². The minimum atomic E-state index is -1.02. The van der Waals surface area contributed by atoms with Gasteiger partial charge in [0.15, 0.2) is 0 Å². The molecule has 0 aromatic carbocycles. The van der Waals surface area contributed by atoms with Crippen molar-refractivity contribution in [2.45, 2.75) is 30.8 Å². The Balaban J connectivity index is 2.51. The fourth-order valence-electron chi connectivity index (χ4n) is 1.41. The van der Waals surface area contributed by atoms with E-state index >= 15 is 0 Å². The third-order valence-corrected chi connectivity index (χ3v) is 2.18. The van der Waals surface area contributed by atoms with Crippen molar-refractivity contribution < 1.29 is 20.4 Å². The van der Waals surface area contributed by atoms with Crippen LogP contribution < -0.4 is 5.32 Å². The van der Waals surface area contributed by atoms with E-state index < -0.39 is 31.0 Å². The Morgan fingerprint density at radius 1 is 1.42 bits per heavy atom. The number of piperidine rings is 1. The molecule has 1 aliphatic heterocycles. The van der Waals surface area contributed by atoms with Crippen LogP contribution >= 0.6 is 0 Å². The molecule has 1 rings (SSSR count). The number of hydrogen-bond donors (Lipinski definition) is 5. The molecule has 5 N–H and O–H groups in total. The average molecular weight is 177 g/mol. The van der Waals surface area contributed by atoms with Gasteiger partial charge in [-0.05, 0) is 13.0 Å². The van der Waals surface area contributed by atoms with Gasteiger partial charge in [-0.25, -0.2) is 0 Å². The third kappa shape index (κ3) is 1.94. The van der Waals surface area contributed by atoms with E-state index in [1.54, 1.807) is 0 Å². The summed E-state index contributed by atoms with van der Waals surface area (Å²) < 4.78 is 0. The summed E-state index contributed by atoms with van der Waals surface area (Å²) >= 11 is 0. The van der Waals surface area contributed by atoms with Crippen molar-refractivity contribution >= 4 is 0 Å². The van der Waals surface area contributed by atoms with Crippen LogP contribution in [-0.2, 0) is 0 Å². The molecule has 4 atom stereocenters. The first-order valence-electron chi connectivity index (χ1n) is 4.05. The van der Waals surface area contributed by atoms with E-state index in [0.29, 0.717) is 13.0 Å². The number of aliphatic hydroxyl groups excluding tert-OH is 4. The van der Waals surface area contributed by atoms with Crippen molar-refractivity contribution in [2.24, 2.45) is 0 Å². The summed E-state index contributed by atoms with van der Waals surface area (Å²) in [6, 6.07) is -0.626.